The molecular weight excluding hydrogens is 229 g/mol. The van der Waals surface area contributed by atoms with Gasteiger partial charge in [0.15, 0.2) is 0 Å². The van der Waals surface area contributed by atoms with Crippen LogP contribution in [0.15, 0.2) is 42.5 Å². The summed E-state index contributed by atoms with van der Waals surface area (Å²) in [5, 5.41) is 0. The van der Waals surface area contributed by atoms with Crippen LogP contribution in [-0.2, 0) is 6.42 Å². The highest BCUT2D eigenvalue weighted by atomic mass is 19.1. The minimum Gasteiger partial charge on any atom is -0.493 e. The maximum Gasteiger partial charge on any atom is 0.128 e. The van der Waals surface area contributed by atoms with Crippen LogP contribution < -0.4 is 10.5 Å². The molecule has 1 heterocycles. The lowest BCUT2D eigenvalue weighted by Gasteiger charge is -2.16. The van der Waals surface area contributed by atoms with Gasteiger partial charge < -0.3 is 10.5 Å². The van der Waals surface area contributed by atoms with Gasteiger partial charge in [0.2, 0.25) is 0 Å². The quantitative estimate of drug-likeness (QED) is 0.880. The minimum atomic E-state index is -0.487. The zero-order valence-electron chi connectivity index (χ0n) is 9.90. The number of halogens is 1. The highest BCUT2D eigenvalue weighted by Crippen LogP contribution is 2.35. The normalized spacial score (nSPS) is 15.0. The lowest BCUT2D eigenvalue weighted by molar-refractivity contribution is 0.352. The molecule has 1 aliphatic heterocycles. The number of rotatable bonds is 2. The second kappa shape index (κ2) is 4.42. The molecule has 1 atom stereocenters. The van der Waals surface area contributed by atoms with Crippen LogP contribution in [0.4, 0.5) is 4.39 Å². The van der Waals surface area contributed by atoms with Crippen molar-refractivity contribution in [1.82, 2.24) is 0 Å². The van der Waals surface area contributed by atoms with Gasteiger partial charge in [-0.15, -0.1) is 0 Å². The molecule has 0 aliphatic carbocycles. The first kappa shape index (κ1) is 11.2. The number of para-hydroxylation sites is 1. The van der Waals surface area contributed by atoms with Crippen molar-refractivity contribution in [3.05, 3.63) is 65.0 Å². The lowest BCUT2D eigenvalue weighted by Crippen LogP contribution is -2.14. The zero-order valence-corrected chi connectivity index (χ0v) is 9.90. The summed E-state index contributed by atoms with van der Waals surface area (Å²) in [4.78, 5) is 0. The Morgan fingerprint density at radius 3 is 2.67 bits per heavy atom. The van der Waals surface area contributed by atoms with E-state index in [-0.39, 0.29) is 5.82 Å². The van der Waals surface area contributed by atoms with E-state index >= 15 is 0 Å². The van der Waals surface area contributed by atoms with Gasteiger partial charge in [-0.3, -0.25) is 0 Å². The highest BCUT2D eigenvalue weighted by Gasteiger charge is 2.22. The molecule has 0 saturated carbocycles. The summed E-state index contributed by atoms with van der Waals surface area (Å²) < 4.78 is 19.4. The standard InChI is InChI=1S/C15H14FNO/c16-13-7-2-1-5-11(13)14(17)12-6-3-4-10-8-9-18-15(10)12/h1-7,14H,8-9,17H2. The van der Waals surface area contributed by atoms with Gasteiger partial charge in [-0.05, 0) is 11.6 Å². The molecule has 1 aliphatic rings. The van der Waals surface area contributed by atoms with Crippen molar-refractivity contribution in [2.45, 2.75) is 12.5 Å². The zero-order chi connectivity index (χ0) is 12.5. The molecule has 18 heavy (non-hydrogen) atoms. The van der Waals surface area contributed by atoms with E-state index in [0.29, 0.717) is 12.2 Å². The van der Waals surface area contributed by atoms with Crippen LogP contribution in [-0.4, -0.2) is 6.61 Å². The number of hydrogen-bond donors (Lipinski definition) is 1. The van der Waals surface area contributed by atoms with E-state index in [1.807, 2.05) is 18.2 Å². The first-order valence-electron chi connectivity index (χ1n) is 6.02. The molecule has 2 nitrogen and oxygen atoms in total. The van der Waals surface area contributed by atoms with Crippen LogP contribution >= 0.6 is 0 Å². The number of fused-ring (bicyclic) bond motifs is 1. The van der Waals surface area contributed by atoms with Crippen LogP contribution in [0.2, 0.25) is 0 Å². The van der Waals surface area contributed by atoms with Gasteiger partial charge in [-0.1, -0.05) is 36.4 Å². The third-order valence-electron chi connectivity index (χ3n) is 3.32. The molecule has 2 aromatic carbocycles. The summed E-state index contributed by atoms with van der Waals surface area (Å²) in [6, 6.07) is 12.0. The third-order valence-corrected chi connectivity index (χ3v) is 3.32. The summed E-state index contributed by atoms with van der Waals surface area (Å²) in [5.74, 6) is 0.550. The van der Waals surface area contributed by atoms with E-state index in [1.54, 1.807) is 18.2 Å². The summed E-state index contributed by atoms with van der Waals surface area (Å²) >= 11 is 0. The van der Waals surface area contributed by atoms with Crippen LogP contribution in [0.3, 0.4) is 0 Å². The smallest absolute Gasteiger partial charge is 0.128 e. The topological polar surface area (TPSA) is 35.2 Å². The Labute approximate surface area is 105 Å². The number of hydrogen-bond acceptors (Lipinski definition) is 2. The van der Waals surface area contributed by atoms with Crippen molar-refractivity contribution in [2.24, 2.45) is 5.73 Å². The fraction of sp³-hybridized carbons (Fsp3) is 0.200. The first-order chi connectivity index (χ1) is 8.77. The molecule has 2 N–H and O–H groups in total. The van der Waals surface area contributed by atoms with E-state index in [9.17, 15) is 4.39 Å². The number of benzene rings is 2. The number of ether oxygens (including phenoxy) is 1. The highest BCUT2D eigenvalue weighted by molar-refractivity contribution is 5.48. The van der Waals surface area contributed by atoms with Crippen molar-refractivity contribution < 1.29 is 9.13 Å². The average Bonchev–Trinajstić information content (AvgIpc) is 2.86. The van der Waals surface area contributed by atoms with Gasteiger partial charge in [0, 0.05) is 17.5 Å². The molecule has 0 amide bonds. The van der Waals surface area contributed by atoms with Gasteiger partial charge in [-0.25, -0.2) is 4.39 Å². The Kier molecular flexibility index (Phi) is 2.76. The minimum absolute atomic E-state index is 0.277. The second-order valence-electron chi connectivity index (χ2n) is 4.43. The van der Waals surface area contributed by atoms with Gasteiger partial charge in [0.25, 0.3) is 0 Å². The van der Waals surface area contributed by atoms with Gasteiger partial charge in [0.1, 0.15) is 11.6 Å². The molecule has 0 aromatic heterocycles. The van der Waals surface area contributed by atoms with Crippen molar-refractivity contribution in [2.75, 3.05) is 6.61 Å². The number of nitrogens with two attached hydrogens (primary N) is 1. The molecule has 0 spiro atoms. The first-order valence-corrected chi connectivity index (χ1v) is 6.02. The Bertz CT molecular complexity index is 582. The van der Waals surface area contributed by atoms with E-state index in [2.05, 4.69) is 0 Å². The van der Waals surface area contributed by atoms with E-state index < -0.39 is 6.04 Å². The maximum absolute atomic E-state index is 13.8. The summed E-state index contributed by atoms with van der Waals surface area (Å²) in [5.41, 5.74) is 8.68. The van der Waals surface area contributed by atoms with Crippen LogP contribution in [0.5, 0.6) is 5.75 Å². The van der Waals surface area contributed by atoms with Gasteiger partial charge >= 0.3 is 0 Å². The molecule has 0 radical (unpaired) electrons. The Hall–Kier alpha value is -1.87. The van der Waals surface area contributed by atoms with Crippen molar-refractivity contribution in [3.8, 4) is 5.75 Å². The summed E-state index contributed by atoms with van der Waals surface area (Å²) in [6.07, 6.45) is 0.896. The van der Waals surface area contributed by atoms with Crippen LogP contribution in [0.25, 0.3) is 0 Å². The van der Waals surface area contributed by atoms with E-state index in [4.69, 9.17) is 10.5 Å². The molecular formula is C15H14FNO. The van der Waals surface area contributed by atoms with Crippen molar-refractivity contribution in [3.63, 3.8) is 0 Å². The molecule has 0 fully saturated rings. The van der Waals surface area contributed by atoms with E-state index in [0.717, 1.165) is 23.3 Å². The molecule has 0 bridgehead atoms. The fourth-order valence-electron chi connectivity index (χ4n) is 2.38. The predicted octanol–water partition coefficient (Wildman–Crippen LogP) is 2.81. The van der Waals surface area contributed by atoms with Crippen molar-refractivity contribution in [1.29, 1.82) is 0 Å². The second-order valence-corrected chi connectivity index (χ2v) is 4.43. The van der Waals surface area contributed by atoms with Gasteiger partial charge in [0.05, 0.1) is 12.6 Å². The molecule has 92 valence electrons. The summed E-state index contributed by atoms with van der Waals surface area (Å²) in [7, 11) is 0. The predicted molar refractivity (Wildman–Crippen MR) is 68.1 cm³/mol. The molecule has 3 heteroatoms. The van der Waals surface area contributed by atoms with Crippen LogP contribution in [0.1, 0.15) is 22.7 Å². The molecule has 0 saturated heterocycles. The maximum atomic E-state index is 13.8. The fourth-order valence-corrected chi connectivity index (χ4v) is 2.38. The Balaban J connectivity index is 2.06. The molecule has 3 rings (SSSR count). The summed E-state index contributed by atoms with van der Waals surface area (Å²) in [6.45, 7) is 0.677. The lowest BCUT2D eigenvalue weighted by atomic mass is 9.96. The monoisotopic (exact) mass is 243 g/mol. The van der Waals surface area contributed by atoms with Crippen molar-refractivity contribution >= 4 is 0 Å². The SMILES string of the molecule is NC(c1ccccc1F)c1cccc2c1OCC2. The Morgan fingerprint density at radius 2 is 1.83 bits per heavy atom. The third kappa shape index (κ3) is 1.77. The van der Waals surface area contributed by atoms with Gasteiger partial charge in [-0.2, -0.15) is 0 Å². The Morgan fingerprint density at radius 1 is 1.06 bits per heavy atom. The molecule has 2 aromatic rings. The largest absolute Gasteiger partial charge is 0.493 e. The molecule has 1 unspecified atom stereocenters. The average molecular weight is 243 g/mol. The van der Waals surface area contributed by atoms with Crippen LogP contribution in [0, 0.1) is 5.82 Å². The van der Waals surface area contributed by atoms with E-state index in [1.165, 1.54) is 6.07 Å².